The van der Waals surface area contributed by atoms with Gasteiger partial charge in [0.1, 0.15) is 12.4 Å². The van der Waals surface area contributed by atoms with Crippen molar-refractivity contribution in [2.24, 2.45) is 0 Å². The van der Waals surface area contributed by atoms with Gasteiger partial charge in [0.05, 0.1) is 12.7 Å². The van der Waals surface area contributed by atoms with Crippen LogP contribution < -0.4 is 10.1 Å². The molecule has 0 saturated heterocycles. The summed E-state index contributed by atoms with van der Waals surface area (Å²) in [4.78, 5) is 22.9. The van der Waals surface area contributed by atoms with Crippen molar-refractivity contribution in [1.82, 2.24) is 0 Å². The van der Waals surface area contributed by atoms with Crippen LogP contribution in [0.2, 0.25) is 0 Å². The van der Waals surface area contributed by atoms with E-state index in [1.165, 1.54) is 6.92 Å². The summed E-state index contributed by atoms with van der Waals surface area (Å²) in [5.41, 5.74) is 1.85. The highest BCUT2D eigenvalue weighted by atomic mass is 16.5. The molecule has 1 amide bonds. The van der Waals surface area contributed by atoms with Crippen LogP contribution in [0.3, 0.4) is 0 Å². The van der Waals surface area contributed by atoms with Crippen LogP contribution >= 0.6 is 0 Å². The number of esters is 1. The molecule has 2 aromatic carbocycles. The van der Waals surface area contributed by atoms with E-state index in [4.69, 9.17) is 9.47 Å². The van der Waals surface area contributed by atoms with E-state index in [2.05, 4.69) is 5.32 Å². The molecule has 1 N–H and O–H groups in total. The largest absolute Gasteiger partial charge is 0.496 e. The first-order valence-electron chi connectivity index (χ1n) is 6.77. The van der Waals surface area contributed by atoms with Crippen LogP contribution in [0.4, 0.5) is 5.69 Å². The summed E-state index contributed by atoms with van der Waals surface area (Å²) in [6.07, 6.45) is 0. The molecule has 0 spiro atoms. The summed E-state index contributed by atoms with van der Waals surface area (Å²) in [5.74, 6) is 0.0862. The zero-order valence-corrected chi connectivity index (χ0v) is 12.5. The van der Waals surface area contributed by atoms with Gasteiger partial charge in [0.2, 0.25) is 5.91 Å². The first-order valence-corrected chi connectivity index (χ1v) is 6.77. The standard InChI is InChI=1S/C17H17NO4/c1-12(19)18-15-9-7-13(8-10-15)17(20)22-11-14-5-3-4-6-16(14)21-2/h3-10H,11H2,1-2H3,(H,18,19). The molecule has 2 rings (SSSR count). The van der Waals surface area contributed by atoms with Gasteiger partial charge in [-0.3, -0.25) is 4.79 Å². The lowest BCUT2D eigenvalue weighted by Gasteiger charge is -2.09. The number of rotatable bonds is 5. The average Bonchev–Trinajstić information content (AvgIpc) is 2.53. The van der Waals surface area contributed by atoms with Crippen LogP contribution in [0.1, 0.15) is 22.8 Å². The molecule has 0 atom stereocenters. The van der Waals surface area contributed by atoms with Gasteiger partial charge in [0.25, 0.3) is 0 Å². The number of benzene rings is 2. The van der Waals surface area contributed by atoms with Gasteiger partial charge in [-0.05, 0) is 30.3 Å². The average molecular weight is 299 g/mol. The Morgan fingerprint density at radius 2 is 1.73 bits per heavy atom. The molecule has 0 saturated carbocycles. The van der Waals surface area contributed by atoms with Crippen LogP contribution in [0.25, 0.3) is 0 Å². The number of carbonyl (C=O) groups excluding carboxylic acids is 2. The van der Waals surface area contributed by atoms with Gasteiger partial charge in [-0.1, -0.05) is 18.2 Å². The van der Waals surface area contributed by atoms with Gasteiger partial charge >= 0.3 is 5.97 Å². The molecule has 114 valence electrons. The summed E-state index contributed by atoms with van der Waals surface area (Å²) < 4.78 is 10.5. The quantitative estimate of drug-likeness (QED) is 0.862. The molecule has 0 heterocycles. The predicted octanol–water partition coefficient (Wildman–Crippen LogP) is 3.01. The van der Waals surface area contributed by atoms with Gasteiger partial charge < -0.3 is 14.8 Å². The summed E-state index contributed by atoms with van der Waals surface area (Å²) in [7, 11) is 1.57. The van der Waals surface area contributed by atoms with E-state index in [1.807, 2.05) is 24.3 Å². The van der Waals surface area contributed by atoms with Crippen LogP contribution in [0.15, 0.2) is 48.5 Å². The molecule has 22 heavy (non-hydrogen) atoms. The van der Waals surface area contributed by atoms with Crippen molar-refractivity contribution in [3.63, 3.8) is 0 Å². The molecule has 0 unspecified atom stereocenters. The SMILES string of the molecule is COc1ccccc1COC(=O)c1ccc(NC(C)=O)cc1. The van der Waals surface area contributed by atoms with Crippen molar-refractivity contribution in [2.45, 2.75) is 13.5 Å². The Balaban J connectivity index is 1.98. The third-order valence-electron chi connectivity index (χ3n) is 2.99. The summed E-state index contributed by atoms with van der Waals surface area (Å²) >= 11 is 0. The molecule has 5 nitrogen and oxygen atoms in total. The van der Waals surface area contributed by atoms with Crippen LogP contribution in [-0.4, -0.2) is 19.0 Å². The second kappa shape index (κ2) is 7.26. The Morgan fingerprint density at radius 1 is 1.05 bits per heavy atom. The van der Waals surface area contributed by atoms with Gasteiger partial charge in [-0.2, -0.15) is 0 Å². The normalized spacial score (nSPS) is 9.91. The van der Waals surface area contributed by atoms with E-state index in [1.54, 1.807) is 31.4 Å². The van der Waals surface area contributed by atoms with Crippen molar-refractivity contribution < 1.29 is 19.1 Å². The van der Waals surface area contributed by atoms with E-state index in [0.717, 1.165) is 5.56 Å². The number of ether oxygens (including phenoxy) is 2. The Labute approximate surface area is 128 Å². The van der Waals surface area contributed by atoms with Crippen molar-refractivity contribution in [3.8, 4) is 5.75 Å². The Bertz CT molecular complexity index is 665. The van der Waals surface area contributed by atoms with Crippen molar-refractivity contribution >= 4 is 17.6 Å². The second-order valence-corrected chi connectivity index (χ2v) is 4.65. The minimum atomic E-state index is -0.430. The third kappa shape index (κ3) is 4.09. The molecule has 2 aromatic rings. The lowest BCUT2D eigenvalue weighted by atomic mass is 10.2. The highest BCUT2D eigenvalue weighted by Crippen LogP contribution is 2.19. The number of carbonyl (C=O) groups is 2. The fourth-order valence-corrected chi connectivity index (χ4v) is 1.94. The maximum atomic E-state index is 12.0. The van der Waals surface area contributed by atoms with Crippen molar-refractivity contribution in [3.05, 3.63) is 59.7 Å². The molecule has 0 aliphatic heterocycles. The van der Waals surface area contributed by atoms with Gasteiger partial charge in [0.15, 0.2) is 0 Å². The Morgan fingerprint density at radius 3 is 2.36 bits per heavy atom. The molecule has 0 bridgehead atoms. The molecule has 0 aliphatic rings. The van der Waals surface area contributed by atoms with E-state index in [-0.39, 0.29) is 12.5 Å². The molecular weight excluding hydrogens is 282 g/mol. The number of para-hydroxylation sites is 1. The van der Waals surface area contributed by atoms with Gasteiger partial charge in [0, 0.05) is 18.2 Å². The lowest BCUT2D eigenvalue weighted by Crippen LogP contribution is -2.08. The molecule has 0 radical (unpaired) electrons. The van der Waals surface area contributed by atoms with E-state index in [0.29, 0.717) is 17.0 Å². The number of amides is 1. The van der Waals surface area contributed by atoms with Crippen LogP contribution in [-0.2, 0) is 16.1 Å². The zero-order valence-electron chi connectivity index (χ0n) is 12.5. The number of anilines is 1. The topological polar surface area (TPSA) is 64.6 Å². The zero-order chi connectivity index (χ0) is 15.9. The summed E-state index contributed by atoms with van der Waals surface area (Å²) in [6, 6.07) is 13.9. The maximum absolute atomic E-state index is 12.0. The smallest absolute Gasteiger partial charge is 0.338 e. The fraction of sp³-hybridized carbons (Fsp3) is 0.176. The predicted molar refractivity (Wildman–Crippen MR) is 82.9 cm³/mol. The van der Waals surface area contributed by atoms with Crippen LogP contribution in [0.5, 0.6) is 5.75 Å². The summed E-state index contributed by atoms with van der Waals surface area (Å²) in [6.45, 7) is 1.56. The van der Waals surface area contributed by atoms with Crippen molar-refractivity contribution in [1.29, 1.82) is 0 Å². The fourth-order valence-electron chi connectivity index (χ4n) is 1.94. The van der Waals surface area contributed by atoms with Gasteiger partial charge in [-0.15, -0.1) is 0 Å². The van der Waals surface area contributed by atoms with E-state index >= 15 is 0 Å². The summed E-state index contributed by atoms with van der Waals surface area (Å²) in [5, 5.41) is 2.64. The maximum Gasteiger partial charge on any atom is 0.338 e. The van der Waals surface area contributed by atoms with Crippen molar-refractivity contribution in [2.75, 3.05) is 12.4 Å². The number of hydrogen-bond acceptors (Lipinski definition) is 4. The molecule has 0 fully saturated rings. The monoisotopic (exact) mass is 299 g/mol. The first kappa shape index (κ1) is 15.6. The highest BCUT2D eigenvalue weighted by Gasteiger charge is 2.09. The minimum Gasteiger partial charge on any atom is -0.496 e. The third-order valence-corrected chi connectivity index (χ3v) is 2.99. The van der Waals surface area contributed by atoms with E-state index < -0.39 is 5.97 Å². The molecule has 0 aliphatic carbocycles. The number of hydrogen-bond donors (Lipinski definition) is 1. The highest BCUT2D eigenvalue weighted by molar-refractivity contribution is 5.92. The minimum absolute atomic E-state index is 0.135. The molecular formula is C17H17NO4. The Hall–Kier alpha value is -2.82. The molecule has 0 aromatic heterocycles. The second-order valence-electron chi connectivity index (χ2n) is 4.65. The number of methoxy groups -OCH3 is 1. The lowest BCUT2D eigenvalue weighted by molar-refractivity contribution is -0.114. The first-order chi connectivity index (χ1) is 10.6. The number of nitrogens with one attached hydrogen (secondary N) is 1. The van der Waals surface area contributed by atoms with Gasteiger partial charge in [-0.25, -0.2) is 4.79 Å². The van der Waals surface area contributed by atoms with E-state index in [9.17, 15) is 9.59 Å². The Kier molecular flexibility index (Phi) is 5.14. The van der Waals surface area contributed by atoms with Crippen LogP contribution in [0, 0.1) is 0 Å². The molecule has 5 heteroatoms.